The van der Waals surface area contributed by atoms with Crippen LogP contribution in [0.4, 0.5) is 5.69 Å². The second-order valence-electron chi connectivity index (χ2n) is 5.28. The first kappa shape index (κ1) is 19.9. The van der Waals surface area contributed by atoms with Crippen molar-refractivity contribution in [3.63, 3.8) is 0 Å². The molecule has 1 saturated heterocycles. The van der Waals surface area contributed by atoms with E-state index in [2.05, 4.69) is 45.2 Å². The summed E-state index contributed by atoms with van der Waals surface area (Å²) in [6.45, 7) is 2.51. The van der Waals surface area contributed by atoms with Gasteiger partial charge in [0.05, 0.1) is 24.3 Å². The number of hydrogen-bond donors (Lipinski definition) is 1. The van der Waals surface area contributed by atoms with Gasteiger partial charge in [-0.05, 0) is 100 Å². The summed E-state index contributed by atoms with van der Waals surface area (Å²) in [5, 5.41) is 9.89. The number of halogens is 2. The van der Waals surface area contributed by atoms with Crippen LogP contribution in [0.25, 0.3) is 6.08 Å². The summed E-state index contributed by atoms with van der Waals surface area (Å²) in [5.74, 6) is 0.859. The zero-order valence-corrected chi connectivity index (χ0v) is 19.5. The van der Waals surface area contributed by atoms with E-state index in [1.807, 2.05) is 43.3 Å². The Labute approximate surface area is 188 Å². The number of phenolic OH excluding ortho intramolecular Hbond substituents is 1. The van der Waals surface area contributed by atoms with E-state index in [0.29, 0.717) is 21.5 Å². The third-order valence-electron chi connectivity index (χ3n) is 3.54. The molecule has 0 saturated carbocycles. The van der Waals surface area contributed by atoms with Crippen molar-refractivity contribution in [1.82, 2.24) is 0 Å². The van der Waals surface area contributed by atoms with Crippen LogP contribution in [-0.4, -0.2) is 21.9 Å². The quantitative estimate of drug-likeness (QED) is 0.286. The van der Waals surface area contributed by atoms with E-state index in [0.717, 1.165) is 18.5 Å². The zero-order chi connectivity index (χ0) is 18.8. The number of thioether (sulfide) groups is 1. The Balaban J connectivity index is 1.89. The van der Waals surface area contributed by atoms with Crippen molar-refractivity contribution in [2.45, 2.75) is 6.92 Å². The van der Waals surface area contributed by atoms with Crippen molar-refractivity contribution in [3.8, 4) is 11.5 Å². The molecular formula is C18H13I2NO3S2. The lowest BCUT2D eigenvalue weighted by molar-refractivity contribution is -0.113. The first-order valence-corrected chi connectivity index (χ1v) is 11.0. The van der Waals surface area contributed by atoms with E-state index in [4.69, 9.17) is 17.0 Å². The van der Waals surface area contributed by atoms with Crippen LogP contribution in [-0.2, 0) is 4.79 Å². The Morgan fingerprint density at radius 2 is 1.85 bits per heavy atom. The predicted octanol–water partition coefficient (Wildman–Crippen LogP) is 5.41. The number of phenols is 1. The van der Waals surface area contributed by atoms with E-state index in [-0.39, 0.29) is 11.7 Å². The maximum absolute atomic E-state index is 12.8. The van der Waals surface area contributed by atoms with E-state index in [1.54, 1.807) is 6.08 Å². The molecule has 1 aliphatic heterocycles. The molecule has 2 aromatic carbocycles. The van der Waals surface area contributed by atoms with Gasteiger partial charge in [-0.1, -0.05) is 24.0 Å². The van der Waals surface area contributed by atoms with E-state index in [1.165, 1.54) is 16.7 Å². The van der Waals surface area contributed by atoms with E-state index < -0.39 is 0 Å². The number of aromatic hydroxyl groups is 1. The molecule has 2 aromatic rings. The van der Waals surface area contributed by atoms with Crippen molar-refractivity contribution >= 4 is 91.2 Å². The van der Waals surface area contributed by atoms with Gasteiger partial charge < -0.3 is 9.84 Å². The number of anilines is 1. The maximum atomic E-state index is 12.8. The third-order valence-corrected chi connectivity index (χ3v) is 6.48. The molecule has 0 aliphatic carbocycles. The summed E-state index contributed by atoms with van der Waals surface area (Å²) in [6, 6.07) is 11.0. The second kappa shape index (κ2) is 8.44. The summed E-state index contributed by atoms with van der Waals surface area (Å²) >= 11 is 10.8. The highest BCUT2D eigenvalue weighted by atomic mass is 127. The average molecular weight is 609 g/mol. The molecular weight excluding hydrogens is 596 g/mol. The van der Waals surface area contributed by atoms with Crippen molar-refractivity contribution in [2.75, 3.05) is 11.5 Å². The summed E-state index contributed by atoms with van der Waals surface area (Å²) in [7, 11) is 0. The minimum Gasteiger partial charge on any atom is -0.506 e. The molecule has 8 heteroatoms. The second-order valence-corrected chi connectivity index (χ2v) is 9.28. The minimum absolute atomic E-state index is 0.151. The lowest BCUT2D eigenvalue weighted by atomic mass is 10.2. The number of hydrogen-bond acceptors (Lipinski definition) is 5. The monoisotopic (exact) mass is 609 g/mol. The van der Waals surface area contributed by atoms with Gasteiger partial charge >= 0.3 is 0 Å². The Hall–Kier alpha value is -0.850. The van der Waals surface area contributed by atoms with Crippen molar-refractivity contribution in [2.24, 2.45) is 0 Å². The molecule has 1 N–H and O–H groups in total. The third kappa shape index (κ3) is 4.18. The van der Waals surface area contributed by atoms with Crippen LogP contribution in [0.3, 0.4) is 0 Å². The smallest absolute Gasteiger partial charge is 0.270 e. The van der Waals surface area contributed by atoms with Crippen LogP contribution in [0, 0.1) is 7.14 Å². The molecule has 0 aromatic heterocycles. The fraction of sp³-hybridized carbons (Fsp3) is 0.111. The van der Waals surface area contributed by atoms with Gasteiger partial charge in [-0.15, -0.1) is 0 Å². The number of amides is 1. The highest BCUT2D eigenvalue weighted by molar-refractivity contribution is 14.1. The van der Waals surface area contributed by atoms with Gasteiger partial charge in [0.15, 0.2) is 4.32 Å². The highest BCUT2D eigenvalue weighted by Crippen LogP contribution is 2.37. The number of benzene rings is 2. The SMILES string of the molecule is CCOc1ccc(N2C(=O)/C(=C\c3cc(I)c(O)c(I)c3)SC2=S)cc1. The molecule has 0 atom stereocenters. The van der Waals surface area contributed by atoms with Gasteiger partial charge in [0.25, 0.3) is 5.91 Å². The van der Waals surface area contributed by atoms with Crippen molar-refractivity contribution in [3.05, 3.63) is 54.0 Å². The van der Waals surface area contributed by atoms with Crippen LogP contribution in [0.15, 0.2) is 41.3 Å². The molecule has 4 nitrogen and oxygen atoms in total. The van der Waals surface area contributed by atoms with Gasteiger partial charge in [-0.25, -0.2) is 0 Å². The van der Waals surface area contributed by atoms with Crippen molar-refractivity contribution in [1.29, 1.82) is 0 Å². The number of rotatable bonds is 4. The van der Waals surface area contributed by atoms with Crippen LogP contribution in [0.1, 0.15) is 12.5 Å². The predicted molar refractivity (Wildman–Crippen MR) is 127 cm³/mol. The van der Waals surface area contributed by atoms with Gasteiger partial charge in [0, 0.05) is 0 Å². The number of carbonyl (C=O) groups is 1. The summed E-state index contributed by atoms with van der Waals surface area (Å²) in [4.78, 5) is 14.9. The Morgan fingerprint density at radius 3 is 2.42 bits per heavy atom. The molecule has 26 heavy (non-hydrogen) atoms. The van der Waals surface area contributed by atoms with Crippen molar-refractivity contribution < 1.29 is 14.6 Å². The Bertz CT molecular complexity index is 890. The van der Waals surface area contributed by atoms with Crippen LogP contribution < -0.4 is 9.64 Å². The number of ether oxygens (including phenoxy) is 1. The van der Waals surface area contributed by atoms with Gasteiger partial charge in [0.2, 0.25) is 0 Å². The Kier molecular flexibility index (Phi) is 6.46. The molecule has 0 unspecified atom stereocenters. The standard InChI is InChI=1S/C18H13I2NO3S2/c1-2-24-12-5-3-11(4-6-12)21-17(23)15(26-18(21)25)9-10-7-13(19)16(22)14(20)8-10/h3-9,22H,2H2,1H3/b15-9+. The van der Waals surface area contributed by atoms with Gasteiger partial charge in [-0.3, -0.25) is 9.69 Å². The van der Waals surface area contributed by atoms with Gasteiger partial charge in [-0.2, -0.15) is 0 Å². The van der Waals surface area contributed by atoms with Crippen LogP contribution >= 0.6 is 69.2 Å². The van der Waals surface area contributed by atoms with E-state index >= 15 is 0 Å². The molecule has 0 spiro atoms. The first-order valence-electron chi connectivity index (χ1n) is 7.59. The first-order chi connectivity index (χ1) is 12.4. The fourth-order valence-electron chi connectivity index (χ4n) is 2.37. The lowest BCUT2D eigenvalue weighted by Gasteiger charge is -2.15. The molecule has 134 valence electrons. The molecule has 3 rings (SSSR count). The molecule has 0 bridgehead atoms. The van der Waals surface area contributed by atoms with Crippen LogP contribution in [0.2, 0.25) is 0 Å². The highest BCUT2D eigenvalue weighted by Gasteiger charge is 2.33. The topological polar surface area (TPSA) is 49.8 Å². The lowest BCUT2D eigenvalue weighted by Crippen LogP contribution is -2.27. The molecule has 1 heterocycles. The average Bonchev–Trinajstić information content (AvgIpc) is 2.87. The summed E-state index contributed by atoms with van der Waals surface area (Å²) in [5.41, 5.74) is 1.57. The number of nitrogens with zero attached hydrogens (tertiary/aromatic N) is 1. The number of carbonyl (C=O) groups excluding carboxylic acids is 1. The Morgan fingerprint density at radius 1 is 1.23 bits per heavy atom. The molecule has 1 amide bonds. The molecule has 0 radical (unpaired) electrons. The van der Waals surface area contributed by atoms with E-state index in [9.17, 15) is 9.90 Å². The number of thiocarbonyl (C=S) groups is 1. The minimum atomic E-state index is -0.151. The summed E-state index contributed by atoms with van der Waals surface area (Å²) in [6.07, 6.45) is 1.80. The van der Waals surface area contributed by atoms with Gasteiger partial charge in [0.1, 0.15) is 11.5 Å². The van der Waals surface area contributed by atoms with Crippen LogP contribution in [0.5, 0.6) is 11.5 Å². The molecule has 1 aliphatic rings. The summed E-state index contributed by atoms with van der Waals surface area (Å²) < 4.78 is 7.41. The zero-order valence-electron chi connectivity index (χ0n) is 13.5. The maximum Gasteiger partial charge on any atom is 0.270 e. The fourth-order valence-corrected chi connectivity index (χ4v) is 5.48. The normalized spacial score (nSPS) is 15.8. The largest absolute Gasteiger partial charge is 0.506 e. The molecule has 1 fully saturated rings.